The summed E-state index contributed by atoms with van der Waals surface area (Å²) < 4.78 is 0. The van der Waals surface area contributed by atoms with Crippen LogP contribution in [-0.4, -0.2) is 16.2 Å². The molecule has 0 spiro atoms. The first-order valence-electron chi connectivity index (χ1n) is 5.89. The molecule has 0 saturated heterocycles. The summed E-state index contributed by atoms with van der Waals surface area (Å²) >= 11 is 1.24. The van der Waals surface area contributed by atoms with Crippen LogP contribution in [-0.2, 0) is 19.7 Å². The van der Waals surface area contributed by atoms with Crippen LogP contribution in [0.5, 0.6) is 0 Å². The van der Waals surface area contributed by atoms with Crippen molar-refractivity contribution in [2.75, 3.05) is 0 Å². The van der Waals surface area contributed by atoms with Gasteiger partial charge in [0.15, 0.2) is 0 Å². The van der Waals surface area contributed by atoms with Gasteiger partial charge in [-0.3, -0.25) is 0 Å². The van der Waals surface area contributed by atoms with E-state index in [9.17, 15) is 4.79 Å². The van der Waals surface area contributed by atoms with E-state index in [-0.39, 0.29) is 6.61 Å². The van der Waals surface area contributed by atoms with Gasteiger partial charge in [-0.15, -0.1) is 11.3 Å². The number of hydrogen-bond donors (Lipinski definition) is 3. The van der Waals surface area contributed by atoms with Gasteiger partial charge in [-0.2, -0.15) is 0 Å². The minimum absolute atomic E-state index is 0.0293. The summed E-state index contributed by atoms with van der Waals surface area (Å²) in [6.45, 7) is 1.19. The molecule has 4 nitrogen and oxygen atoms in total. The molecule has 0 aliphatic carbocycles. The van der Waals surface area contributed by atoms with Crippen molar-refractivity contribution in [1.29, 1.82) is 0 Å². The first-order valence-corrected chi connectivity index (χ1v) is 6.77. The maximum atomic E-state index is 11.0. The minimum atomic E-state index is -0.880. The van der Waals surface area contributed by atoms with Crippen molar-refractivity contribution in [3.8, 4) is 0 Å². The van der Waals surface area contributed by atoms with E-state index in [0.29, 0.717) is 18.0 Å². The lowest BCUT2D eigenvalue weighted by Gasteiger charge is -2.06. The minimum Gasteiger partial charge on any atom is -0.477 e. The van der Waals surface area contributed by atoms with Crippen molar-refractivity contribution < 1.29 is 15.0 Å². The number of carboxylic acids is 1. The predicted molar refractivity (Wildman–Crippen MR) is 74.2 cm³/mol. The van der Waals surface area contributed by atoms with Gasteiger partial charge >= 0.3 is 5.97 Å². The summed E-state index contributed by atoms with van der Waals surface area (Å²) in [5, 5.41) is 23.0. The molecule has 1 heterocycles. The molecule has 0 amide bonds. The van der Waals surface area contributed by atoms with Crippen LogP contribution in [0.1, 0.15) is 26.4 Å². The Morgan fingerprint density at radius 3 is 2.74 bits per heavy atom. The zero-order chi connectivity index (χ0) is 13.7. The normalized spacial score (nSPS) is 10.6. The molecule has 0 radical (unpaired) electrons. The van der Waals surface area contributed by atoms with Crippen molar-refractivity contribution in [3.05, 3.63) is 57.3 Å². The number of hydrogen-bond acceptors (Lipinski definition) is 4. The van der Waals surface area contributed by atoms with Crippen molar-refractivity contribution in [2.24, 2.45) is 0 Å². The molecule has 2 rings (SSSR count). The Morgan fingerprint density at radius 2 is 2.00 bits per heavy atom. The van der Waals surface area contributed by atoms with E-state index < -0.39 is 5.97 Å². The number of aliphatic hydroxyl groups is 1. The molecule has 2 aromatic rings. The number of aliphatic hydroxyl groups excluding tert-OH is 1. The summed E-state index contributed by atoms with van der Waals surface area (Å²) in [6, 6.07) is 9.49. The van der Waals surface area contributed by atoms with E-state index >= 15 is 0 Å². The highest BCUT2D eigenvalue weighted by Gasteiger charge is 2.10. The Morgan fingerprint density at radius 1 is 1.21 bits per heavy atom. The van der Waals surface area contributed by atoms with Crippen molar-refractivity contribution in [3.63, 3.8) is 0 Å². The smallest absolute Gasteiger partial charge is 0.346 e. The van der Waals surface area contributed by atoms with E-state index in [1.54, 1.807) is 5.38 Å². The third-order valence-electron chi connectivity index (χ3n) is 2.76. The molecular weight excluding hydrogens is 262 g/mol. The molecular formula is C14H15NO3S. The number of carbonyl (C=O) groups is 1. The molecule has 0 atom stereocenters. The first kappa shape index (κ1) is 13.7. The predicted octanol–water partition coefficient (Wildman–Crippen LogP) is 2.23. The van der Waals surface area contributed by atoms with Gasteiger partial charge < -0.3 is 15.5 Å². The Labute approximate surface area is 115 Å². The van der Waals surface area contributed by atoms with Gasteiger partial charge in [0.2, 0.25) is 0 Å². The maximum Gasteiger partial charge on any atom is 0.346 e. The first-order chi connectivity index (χ1) is 9.20. The van der Waals surface area contributed by atoms with Crippen LogP contribution in [0.3, 0.4) is 0 Å². The fourth-order valence-corrected chi connectivity index (χ4v) is 2.60. The quantitative estimate of drug-likeness (QED) is 0.757. The van der Waals surface area contributed by atoms with E-state index in [0.717, 1.165) is 16.7 Å². The third kappa shape index (κ3) is 3.64. The molecule has 5 heteroatoms. The van der Waals surface area contributed by atoms with Gasteiger partial charge in [-0.05, 0) is 28.1 Å². The lowest BCUT2D eigenvalue weighted by molar-refractivity contribution is 0.0701. The number of thiophene rings is 1. The van der Waals surface area contributed by atoms with Crippen molar-refractivity contribution in [2.45, 2.75) is 19.7 Å². The fraction of sp³-hybridized carbons (Fsp3) is 0.214. The Balaban J connectivity index is 1.92. The second-order valence-electron chi connectivity index (χ2n) is 4.16. The summed E-state index contributed by atoms with van der Waals surface area (Å²) in [4.78, 5) is 11.3. The standard InChI is InChI=1S/C14H15NO3S/c16-9-11-3-1-2-10(6-11)7-15-8-12-4-5-19-13(12)14(17)18/h1-6,15-16H,7-9H2,(H,17,18). The average Bonchev–Trinajstić information content (AvgIpc) is 2.87. The maximum absolute atomic E-state index is 11.0. The summed E-state index contributed by atoms with van der Waals surface area (Å²) in [5.41, 5.74) is 2.75. The highest BCUT2D eigenvalue weighted by molar-refractivity contribution is 7.12. The Bertz CT molecular complexity index is 565. The highest BCUT2D eigenvalue weighted by atomic mass is 32.1. The van der Waals surface area contributed by atoms with Gasteiger partial charge in [0, 0.05) is 13.1 Å². The molecule has 0 bridgehead atoms. The molecule has 3 N–H and O–H groups in total. The van der Waals surface area contributed by atoms with Gasteiger partial charge in [0.05, 0.1) is 6.61 Å². The Kier molecular flexibility index (Phi) is 4.68. The molecule has 0 unspecified atom stereocenters. The molecule has 0 fully saturated rings. The van der Waals surface area contributed by atoms with Crippen LogP contribution in [0.15, 0.2) is 35.7 Å². The third-order valence-corrected chi connectivity index (χ3v) is 3.70. The average molecular weight is 277 g/mol. The molecule has 0 aliphatic rings. The van der Waals surface area contributed by atoms with Crippen molar-refractivity contribution >= 4 is 17.3 Å². The number of aromatic carboxylic acids is 1. The summed E-state index contributed by atoms with van der Waals surface area (Å²) in [5.74, 6) is -0.880. The summed E-state index contributed by atoms with van der Waals surface area (Å²) in [6.07, 6.45) is 0. The summed E-state index contributed by atoms with van der Waals surface area (Å²) in [7, 11) is 0. The van der Waals surface area contributed by atoms with Gasteiger partial charge in [-0.25, -0.2) is 4.79 Å². The molecule has 0 aliphatic heterocycles. The van der Waals surface area contributed by atoms with Crippen LogP contribution < -0.4 is 5.32 Å². The van der Waals surface area contributed by atoms with Crippen molar-refractivity contribution in [1.82, 2.24) is 5.32 Å². The van der Waals surface area contributed by atoms with Crippen LogP contribution in [0, 0.1) is 0 Å². The van der Waals surface area contributed by atoms with E-state index in [4.69, 9.17) is 10.2 Å². The van der Waals surface area contributed by atoms with E-state index in [1.807, 2.05) is 30.3 Å². The second kappa shape index (κ2) is 6.47. The lowest BCUT2D eigenvalue weighted by Crippen LogP contribution is -2.14. The topological polar surface area (TPSA) is 69.6 Å². The lowest BCUT2D eigenvalue weighted by atomic mass is 10.1. The second-order valence-corrected chi connectivity index (χ2v) is 5.08. The van der Waals surface area contributed by atoms with E-state index in [1.165, 1.54) is 11.3 Å². The Hall–Kier alpha value is -1.69. The fourth-order valence-electron chi connectivity index (χ4n) is 1.84. The molecule has 19 heavy (non-hydrogen) atoms. The molecule has 100 valence electrons. The number of carboxylic acid groups (broad SMARTS) is 1. The van der Waals surface area contributed by atoms with Crippen LogP contribution in [0.4, 0.5) is 0 Å². The zero-order valence-corrected chi connectivity index (χ0v) is 11.1. The van der Waals surface area contributed by atoms with Crippen LogP contribution in [0.2, 0.25) is 0 Å². The highest BCUT2D eigenvalue weighted by Crippen LogP contribution is 2.16. The van der Waals surface area contributed by atoms with Gasteiger partial charge in [0.1, 0.15) is 4.88 Å². The van der Waals surface area contributed by atoms with Crippen LogP contribution in [0.25, 0.3) is 0 Å². The molecule has 0 saturated carbocycles. The van der Waals surface area contributed by atoms with Crippen LogP contribution >= 0.6 is 11.3 Å². The number of nitrogens with one attached hydrogen (secondary N) is 1. The number of benzene rings is 1. The molecule has 1 aromatic heterocycles. The van der Waals surface area contributed by atoms with Gasteiger partial charge in [-0.1, -0.05) is 24.3 Å². The monoisotopic (exact) mass is 277 g/mol. The van der Waals surface area contributed by atoms with Gasteiger partial charge in [0.25, 0.3) is 0 Å². The SMILES string of the molecule is O=C(O)c1sccc1CNCc1cccc(CO)c1. The largest absolute Gasteiger partial charge is 0.477 e. The molecule has 1 aromatic carbocycles. The zero-order valence-electron chi connectivity index (χ0n) is 10.3. The van der Waals surface area contributed by atoms with E-state index in [2.05, 4.69) is 5.32 Å². The number of rotatable bonds is 6.